The number of H-pyrrole nitrogens is 1. The number of nitrogens with one attached hydrogen (secondary N) is 1. The molecule has 12 heavy (non-hydrogen) atoms. The van der Waals surface area contributed by atoms with Gasteiger partial charge in [-0.15, -0.1) is 0 Å². The summed E-state index contributed by atoms with van der Waals surface area (Å²) in [5.74, 6) is 0. The summed E-state index contributed by atoms with van der Waals surface area (Å²) in [6.07, 6.45) is 5.17. The normalized spacial score (nSPS) is 10.0. The van der Waals surface area contributed by atoms with E-state index in [0.717, 1.165) is 11.3 Å². The number of anilines is 1. The Morgan fingerprint density at radius 1 is 1.42 bits per heavy atom. The molecule has 2 heterocycles. The summed E-state index contributed by atoms with van der Waals surface area (Å²) in [5.41, 5.74) is 8.09. The first kappa shape index (κ1) is 6.84. The topological polar surface area (TPSA) is 67.6 Å². The maximum absolute atomic E-state index is 5.59. The van der Waals surface area contributed by atoms with E-state index in [2.05, 4.69) is 15.2 Å². The molecule has 4 nitrogen and oxygen atoms in total. The van der Waals surface area contributed by atoms with Crippen molar-refractivity contribution in [2.24, 2.45) is 0 Å². The van der Waals surface area contributed by atoms with E-state index in [4.69, 9.17) is 5.73 Å². The van der Waals surface area contributed by atoms with Crippen LogP contribution in [-0.4, -0.2) is 15.2 Å². The average molecular weight is 160 g/mol. The average Bonchev–Trinajstić information content (AvgIpc) is 2.56. The lowest BCUT2D eigenvalue weighted by molar-refractivity contribution is 1.09. The van der Waals surface area contributed by atoms with Gasteiger partial charge in [0, 0.05) is 23.6 Å². The van der Waals surface area contributed by atoms with Crippen molar-refractivity contribution >= 4 is 5.69 Å². The van der Waals surface area contributed by atoms with E-state index in [1.54, 1.807) is 24.7 Å². The highest BCUT2D eigenvalue weighted by Gasteiger charge is 1.98. The highest BCUT2D eigenvalue weighted by atomic mass is 15.1. The van der Waals surface area contributed by atoms with Crippen LogP contribution in [0.5, 0.6) is 0 Å². The van der Waals surface area contributed by atoms with E-state index in [-0.39, 0.29) is 0 Å². The third-order valence-corrected chi connectivity index (χ3v) is 1.58. The molecular weight excluding hydrogens is 152 g/mol. The van der Waals surface area contributed by atoms with Crippen LogP contribution in [-0.2, 0) is 0 Å². The maximum Gasteiger partial charge on any atom is 0.0753 e. The first-order valence-corrected chi connectivity index (χ1v) is 3.57. The number of rotatable bonds is 1. The van der Waals surface area contributed by atoms with Crippen molar-refractivity contribution in [3.63, 3.8) is 0 Å². The quantitative estimate of drug-likeness (QED) is 0.655. The summed E-state index contributed by atoms with van der Waals surface area (Å²) in [6.45, 7) is 0. The molecule has 0 radical (unpaired) electrons. The van der Waals surface area contributed by atoms with E-state index >= 15 is 0 Å². The Morgan fingerprint density at radius 3 is 3.00 bits per heavy atom. The number of aromatic nitrogens is 3. The first-order chi connectivity index (χ1) is 5.86. The zero-order valence-corrected chi connectivity index (χ0v) is 6.36. The van der Waals surface area contributed by atoms with Gasteiger partial charge in [0.15, 0.2) is 0 Å². The summed E-state index contributed by atoms with van der Waals surface area (Å²) >= 11 is 0. The smallest absolute Gasteiger partial charge is 0.0753 e. The summed E-state index contributed by atoms with van der Waals surface area (Å²) in [6, 6.07) is 3.56. The number of aromatic amines is 1. The van der Waals surface area contributed by atoms with Gasteiger partial charge in [0.25, 0.3) is 0 Å². The highest BCUT2D eigenvalue weighted by molar-refractivity contribution is 5.60. The van der Waals surface area contributed by atoms with Gasteiger partial charge in [-0.05, 0) is 12.1 Å². The molecule has 0 atom stereocenters. The predicted octanol–water partition coefficient (Wildman–Crippen LogP) is 1.05. The molecule has 0 amide bonds. The molecule has 2 aromatic rings. The molecular formula is C8H8N4. The molecule has 3 N–H and O–H groups in total. The molecule has 4 heteroatoms. The molecule has 0 saturated heterocycles. The lowest BCUT2D eigenvalue weighted by atomic mass is 10.2. The second kappa shape index (κ2) is 2.65. The van der Waals surface area contributed by atoms with Crippen LogP contribution < -0.4 is 5.73 Å². The number of nitrogens with zero attached hydrogens (tertiary/aromatic N) is 2. The van der Waals surface area contributed by atoms with Crippen LogP contribution in [0.1, 0.15) is 0 Å². The molecule has 60 valence electrons. The molecule has 0 bridgehead atoms. The van der Waals surface area contributed by atoms with Crippen molar-refractivity contribution in [3.05, 3.63) is 30.7 Å². The minimum Gasteiger partial charge on any atom is -0.399 e. The number of nitrogens with two attached hydrogens (primary N) is 1. The molecule has 2 rings (SSSR count). The van der Waals surface area contributed by atoms with Crippen molar-refractivity contribution < 1.29 is 0 Å². The lowest BCUT2D eigenvalue weighted by Gasteiger charge is -1.96. The van der Waals surface area contributed by atoms with Gasteiger partial charge in [0.2, 0.25) is 0 Å². The van der Waals surface area contributed by atoms with Gasteiger partial charge >= 0.3 is 0 Å². The van der Waals surface area contributed by atoms with Crippen LogP contribution in [0.25, 0.3) is 11.3 Å². The summed E-state index contributed by atoms with van der Waals surface area (Å²) in [5, 5.41) is 6.54. The van der Waals surface area contributed by atoms with E-state index < -0.39 is 0 Å². The molecule has 0 spiro atoms. The maximum atomic E-state index is 5.59. The van der Waals surface area contributed by atoms with Crippen molar-refractivity contribution in [3.8, 4) is 11.3 Å². The number of nitrogen functional groups attached to an aromatic ring is 1. The van der Waals surface area contributed by atoms with E-state index in [9.17, 15) is 0 Å². The van der Waals surface area contributed by atoms with Gasteiger partial charge in [-0.3, -0.25) is 10.1 Å². The lowest BCUT2D eigenvalue weighted by Crippen LogP contribution is -1.86. The standard InChI is InChI=1S/C8H8N4/c9-7-1-2-10-8(3-7)6-4-11-12-5-6/h1-5H,(H2,9,10)(H,11,12). The van der Waals surface area contributed by atoms with E-state index in [1.807, 2.05) is 6.07 Å². The van der Waals surface area contributed by atoms with Crippen LogP contribution in [0.3, 0.4) is 0 Å². The fourth-order valence-corrected chi connectivity index (χ4v) is 0.996. The molecule has 0 aliphatic carbocycles. The Hall–Kier alpha value is -1.84. The number of pyridine rings is 1. The largest absolute Gasteiger partial charge is 0.399 e. The molecule has 0 unspecified atom stereocenters. The van der Waals surface area contributed by atoms with E-state index in [0.29, 0.717) is 5.69 Å². The van der Waals surface area contributed by atoms with Gasteiger partial charge in [-0.2, -0.15) is 5.10 Å². The Balaban J connectivity index is 2.48. The first-order valence-electron chi connectivity index (χ1n) is 3.57. The van der Waals surface area contributed by atoms with Gasteiger partial charge in [0.05, 0.1) is 11.9 Å². The van der Waals surface area contributed by atoms with Crippen LogP contribution >= 0.6 is 0 Å². The van der Waals surface area contributed by atoms with Crippen LogP contribution in [0.4, 0.5) is 5.69 Å². The monoisotopic (exact) mass is 160 g/mol. The van der Waals surface area contributed by atoms with Crippen LogP contribution in [0.2, 0.25) is 0 Å². The molecule has 0 fully saturated rings. The second-order valence-corrected chi connectivity index (χ2v) is 2.46. The fourth-order valence-electron chi connectivity index (χ4n) is 0.996. The predicted molar refractivity (Wildman–Crippen MR) is 46.2 cm³/mol. The molecule has 0 aliphatic heterocycles. The molecule has 0 saturated carbocycles. The Labute approximate surface area is 69.4 Å². The van der Waals surface area contributed by atoms with Gasteiger partial charge in [-0.25, -0.2) is 0 Å². The number of hydrogen-bond acceptors (Lipinski definition) is 3. The molecule has 2 aromatic heterocycles. The minimum absolute atomic E-state index is 0.709. The van der Waals surface area contributed by atoms with Crippen molar-refractivity contribution in [2.75, 3.05) is 5.73 Å². The fraction of sp³-hybridized carbons (Fsp3) is 0. The third kappa shape index (κ3) is 1.14. The summed E-state index contributed by atoms with van der Waals surface area (Å²) in [4.78, 5) is 4.14. The zero-order valence-electron chi connectivity index (χ0n) is 6.36. The van der Waals surface area contributed by atoms with Crippen molar-refractivity contribution in [1.29, 1.82) is 0 Å². The zero-order chi connectivity index (χ0) is 8.39. The summed E-state index contributed by atoms with van der Waals surface area (Å²) in [7, 11) is 0. The number of hydrogen-bond donors (Lipinski definition) is 2. The van der Waals surface area contributed by atoms with Gasteiger partial charge < -0.3 is 5.73 Å². The molecule has 0 aliphatic rings. The van der Waals surface area contributed by atoms with Crippen LogP contribution in [0, 0.1) is 0 Å². The summed E-state index contributed by atoms with van der Waals surface area (Å²) < 4.78 is 0. The van der Waals surface area contributed by atoms with Crippen LogP contribution in [0.15, 0.2) is 30.7 Å². The Kier molecular flexibility index (Phi) is 1.51. The van der Waals surface area contributed by atoms with E-state index in [1.165, 1.54) is 0 Å². The molecule has 0 aromatic carbocycles. The Morgan fingerprint density at radius 2 is 2.33 bits per heavy atom. The Bertz CT molecular complexity index is 366. The third-order valence-electron chi connectivity index (χ3n) is 1.58. The SMILES string of the molecule is Nc1ccnc(-c2cn[nH]c2)c1. The second-order valence-electron chi connectivity index (χ2n) is 2.46. The highest BCUT2D eigenvalue weighted by Crippen LogP contribution is 2.16. The minimum atomic E-state index is 0.709. The van der Waals surface area contributed by atoms with Gasteiger partial charge in [-0.1, -0.05) is 0 Å². The van der Waals surface area contributed by atoms with Crippen molar-refractivity contribution in [1.82, 2.24) is 15.2 Å². The van der Waals surface area contributed by atoms with Crippen molar-refractivity contribution in [2.45, 2.75) is 0 Å². The van der Waals surface area contributed by atoms with Gasteiger partial charge in [0.1, 0.15) is 0 Å².